The van der Waals surface area contributed by atoms with Crippen LogP contribution in [0.4, 0.5) is 0 Å². The number of hydrogen-bond acceptors (Lipinski definition) is 3. The van der Waals surface area contributed by atoms with E-state index in [4.69, 9.17) is 5.11 Å². The molecule has 1 N–H and O–H groups in total. The topological polar surface area (TPSA) is 68.0 Å². The van der Waals surface area contributed by atoms with Crippen LogP contribution in [0.2, 0.25) is 0 Å². The molecule has 0 aliphatic rings. The molecular weight excluding hydrogens is 206 g/mol. The predicted molar refractivity (Wildman–Crippen MR) is 57.7 cm³/mol. The average molecular weight is 217 g/mol. The Balaban J connectivity index is 2.23. The van der Waals surface area contributed by atoms with E-state index in [9.17, 15) is 4.79 Å². The monoisotopic (exact) mass is 217 g/mol. The second-order valence-corrected chi connectivity index (χ2v) is 3.35. The number of benzene rings is 1. The summed E-state index contributed by atoms with van der Waals surface area (Å²) in [5.74, 6) is -0.838. The number of aliphatic carboxylic acids is 1. The van der Waals surface area contributed by atoms with Gasteiger partial charge in [-0.05, 0) is 0 Å². The Labute approximate surface area is 92.3 Å². The van der Waals surface area contributed by atoms with Gasteiger partial charge in [-0.15, -0.1) is 5.10 Å². The van der Waals surface area contributed by atoms with E-state index in [1.165, 1.54) is 0 Å². The van der Waals surface area contributed by atoms with Gasteiger partial charge in [0, 0.05) is 5.56 Å². The molecule has 5 heteroatoms. The number of aromatic nitrogens is 3. The summed E-state index contributed by atoms with van der Waals surface area (Å²) in [5, 5.41) is 16.3. The number of nitrogens with zero attached hydrogens (tertiary/aromatic N) is 3. The molecule has 0 spiro atoms. The van der Waals surface area contributed by atoms with Crippen LogP contribution in [-0.2, 0) is 11.3 Å². The van der Waals surface area contributed by atoms with Crippen LogP contribution in [0, 0.1) is 0 Å². The zero-order chi connectivity index (χ0) is 11.4. The molecule has 5 nitrogen and oxygen atoms in total. The summed E-state index contributed by atoms with van der Waals surface area (Å²) < 4.78 is 1.60. The summed E-state index contributed by atoms with van der Waals surface area (Å²) in [6, 6.07) is 9.65. The molecule has 0 saturated carbocycles. The Morgan fingerprint density at radius 1 is 1.31 bits per heavy atom. The van der Waals surface area contributed by atoms with Gasteiger partial charge in [-0.1, -0.05) is 35.5 Å². The number of rotatable bonds is 4. The third kappa shape index (κ3) is 2.25. The van der Waals surface area contributed by atoms with Crippen LogP contribution in [0.3, 0.4) is 0 Å². The molecule has 0 saturated heterocycles. The van der Waals surface area contributed by atoms with Crippen molar-refractivity contribution in [3.63, 3.8) is 0 Å². The van der Waals surface area contributed by atoms with Gasteiger partial charge in [-0.3, -0.25) is 4.79 Å². The lowest BCUT2D eigenvalue weighted by Gasteiger charge is -2.03. The Kier molecular flexibility index (Phi) is 2.95. The highest BCUT2D eigenvalue weighted by atomic mass is 16.4. The molecule has 1 heterocycles. The van der Waals surface area contributed by atoms with Crippen molar-refractivity contribution in [3.8, 4) is 11.3 Å². The summed E-state index contributed by atoms with van der Waals surface area (Å²) in [6.45, 7) is 0.333. The van der Waals surface area contributed by atoms with E-state index in [-0.39, 0.29) is 6.42 Å². The fourth-order valence-electron chi connectivity index (χ4n) is 1.46. The smallest absolute Gasteiger partial charge is 0.305 e. The lowest BCUT2D eigenvalue weighted by molar-refractivity contribution is -0.137. The van der Waals surface area contributed by atoms with Crippen LogP contribution in [0.25, 0.3) is 11.3 Å². The zero-order valence-electron chi connectivity index (χ0n) is 8.58. The van der Waals surface area contributed by atoms with Crippen molar-refractivity contribution in [2.24, 2.45) is 0 Å². The van der Waals surface area contributed by atoms with Crippen LogP contribution in [0.15, 0.2) is 36.5 Å². The van der Waals surface area contributed by atoms with E-state index in [2.05, 4.69) is 10.3 Å². The van der Waals surface area contributed by atoms with Crippen LogP contribution < -0.4 is 0 Å². The normalized spacial score (nSPS) is 10.2. The van der Waals surface area contributed by atoms with Crippen molar-refractivity contribution in [1.29, 1.82) is 0 Å². The van der Waals surface area contributed by atoms with Crippen molar-refractivity contribution in [1.82, 2.24) is 15.0 Å². The summed E-state index contributed by atoms with van der Waals surface area (Å²) in [7, 11) is 0. The number of carbonyl (C=O) groups is 1. The summed E-state index contributed by atoms with van der Waals surface area (Å²) in [4.78, 5) is 10.5. The molecular formula is C11H11N3O2. The standard InChI is InChI=1S/C11H11N3O2/c15-11(16)6-7-14-10(8-12-13-14)9-4-2-1-3-5-9/h1-5,8H,6-7H2,(H,15,16). The molecule has 0 fully saturated rings. The second kappa shape index (κ2) is 4.57. The maximum atomic E-state index is 10.5. The van der Waals surface area contributed by atoms with Crippen LogP contribution >= 0.6 is 0 Å². The third-order valence-corrected chi connectivity index (χ3v) is 2.22. The SMILES string of the molecule is O=C(O)CCn1nncc1-c1ccccc1. The summed E-state index contributed by atoms with van der Waals surface area (Å²) in [6.07, 6.45) is 1.68. The first-order chi connectivity index (χ1) is 7.77. The van der Waals surface area contributed by atoms with Gasteiger partial charge in [-0.25, -0.2) is 4.68 Å². The molecule has 0 aliphatic heterocycles. The first kappa shape index (κ1) is 10.4. The fraction of sp³-hybridized carbons (Fsp3) is 0.182. The molecule has 1 aromatic carbocycles. The maximum Gasteiger partial charge on any atom is 0.305 e. The highest BCUT2D eigenvalue weighted by molar-refractivity contribution is 5.66. The summed E-state index contributed by atoms with van der Waals surface area (Å²) >= 11 is 0. The van der Waals surface area contributed by atoms with Gasteiger partial charge in [-0.2, -0.15) is 0 Å². The van der Waals surface area contributed by atoms with E-state index < -0.39 is 5.97 Å². The molecule has 0 aliphatic carbocycles. The van der Waals surface area contributed by atoms with Crippen molar-refractivity contribution >= 4 is 5.97 Å². The molecule has 0 amide bonds. The maximum absolute atomic E-state index is 10.5. The first-order valence-corrected chi connectivity index (χ1v) is 4.93. The van der Waals surface area contributed by atoms with E-state index >= 15 is 0 Å². The minimum Gasteiger partial charge on any atom is -0.481 e. The number of carboxylic acids is 1. The van der Waals surface area contributed by atoms with Gasteiger partial charge in [0.2, 0.25) is 0 Å². The highest BCUT2D eigenvalue weighted by Crippen LogP contribution is 2.17. The molecule has 0 atom stereocenters. The second-order valence-electron chi connectivity index (χ2n) is 3.35. The zero-order valence-corrected chi connectivity index (χ0v) is 8.58. The Bertz CT molecular complexity index is 479. The largest absolute Gasteiger partial charge is 0.481 e. The first-order valence-electron chi connectivity index (χ1n) is 4.93. The molecule has 2 rings (SSSR count). The lowest BCUT2D eigenvalue weighted by atomic mass is 10.2. The van der Waals surface area contributed by atoms with Gasteiger partial charge in [0.15, 0.2) is 0 Å². The van der Waals surface area contributed by atoms with E-state index in [0.717, 1.165) is 11.3 Å². The molecule has 0 unspecified atom stereocenters. The number of carboxylic acid groups (broad SMARTS) is 1. The van der Waals surface area contributed by atoms with Gasteiger partial charge in [0.1, 0.15) is 0 Å². The Morgan fingerprint density at radius 3 is 2.75 bits per heavy atom. The van der Waals surface area contributed by atoms with Gasteiger partial charge < -0.3 is 5.11 Å². The molecule has 16 heavy (non-hydrogen) atoms. The van der Waals surface area contributed by atoms with Crippen LogP contribution in [-0.4, -0.2) is 26.1 Å². The van der Waals surface area contributed by atoms with Crippen LogP contribution in [0.1, 0.15) is 6.42 Å². The number of aryl methyl sites for hydroxylation is 1. The minimum absolute atomic E-state index is 0.0448. The fourth-order valence-corrected chi connectivity index (χ4v) is 1.46. The minimum atomic E-state index is -0.838. The van der Waals surface area contributed by atoms with Crippen molar-refractivity contribution in [3.05, 3.63) is 36.5 Å². The molecule has 0 radical (unpaired) electrons. The predicted octanol–water partition coefficient (Wildman–Crippen LogP) is 1.42. The van der Waals surface area contributed by atoms with Gasteiger partial charge >= 0.3 is 5.97 Å². The molecule has 82 valence electrons. The van der Waals surface area contributed by atoms with E-state index in [1.807, 2.05) is 30.3 Å². The quantitative estimate of drug-likeness (QED) is 0.840. The average Bonchev–Trinajstić information content (AvgIpc) is 2.75. The highest BCUT2D eigenvalue weighted by Gasteiger charge is 2.07. The van der Waals surface area contributed by atoms with Crippen molar-refractivity contribution < 1.29 is 9.90 Å². The number of hydrogen-bond donors (Lipinski definition) is 1. The molecule has 1 aromatic heterocycles. The van der Waals surface area contributed by atoms with Gasteiger partial charge in [0.25, 0.3) is 0 Å². The van der Waals surface area contributed by atoms with Crippen molar-refractivity contribution in [2.45, 2.75) is 13.0 Å². The van der Waals surface area contributed by atoms with Crippen molar-refractivity contribution in [2.75, 3.05) is 0 Å². The van der Waals surface area contributed by atoms with E-state index in [1.54, 1.807) is 10.9 Å². The molecule has 0 bridgehead atoms. The lowest BCUT2D eigenvalue weighted by Crippen LogP contribution is -2.07. The third-order valence-electron chi connectivity index (χ3n) is 2.22. The van der Waals surface area contributed by atoms with Gasteiger partial charge in [0.05, 0.1) is 24.9 Å². The van der Waals surface area contributed by atoms with Crippen LogP contribution in [0.5, 0.6) is 0 Å². The Hall–Kier alpha value is -2.17. The molecule has 2 aromatic rings. The Morgan fingerprint density at radius 2 is 2.06 bits per heavy atom. The van der Waals surface area contributed by atoms with E-state index in [0.29, 0.717) is 6.54 Å². The summed E-state index contributed by atoms with van der Waals surface area (Å²) in [5.41, 5.74) is 1.82.